The van der Waals surface area contributed by atoms with Crippen molar-refractivity contribution in [3.63, 3.8) is 0 Å². The first kappa shape index (κ1) is 14.2. The van der Waals surface area contributed by atoms with Gasteiger partial charge in [-0.05, 0) is 17.7 Å². The Balaban J connectivity index is 1.71. The molecule has 4 heteroatoms. The lowest BCUT2D eigenvalue weighted by atomic mass is 10.2. The van der Waals surface area contributed by atoms with Crippen LogP contribution in [0.2, 0.25) is 5.02 Å². The first-order chi connectivity index (χ1) is 10.3. The summed E-state index contributed by atoms with van der Waals surface area (Å²) in [4.78, 5) is 2.33. The van der Waals surface area contributed by atoms with E-state index in [0.717, 1.165) is 43.2 Å². The quantitative estimate of drug-likeness (QED) is 0.937. The van der Waals surface area contributed by atoms with Crippen LogP contribution in [0, 0.1) is 0 Å². The molecule has 110 valence electrons. The van der Waals surface area contributed by atoms with Gasteiger partial charge in [0, 0.05) is 43.0 Å². The number of nitrogens with one attached hydrogen (secondary N) is 1. The van der Waals surface area contributed by atoms with Gasteiger partial charge in [0.05, 0.1) is 0 Å². The molecule has 1 aliphatic rings. The van der Waals surface area contributed by atoms with E-state index >= 15 is 0 Å². The molecule has 1 saturated heterocycles. The smallest absolute Gasteiger partial charge is 0.123 e. The fourth-order valence-electron chi connectivity index (χ4n) is 2.48. The van der Waals surface area contributed by atoms with Crippen molar-refractivity contribution in [1.82, 2.24) is 5.32 Å². The van der Waals surface area contributed by atoms with Gasteiger partial charge in [-0.15, -0.1) is 0 Å². The first-order valence-electron chi connectivity index (χ1n) is 7.24. The van der Waals surface area contributed by atoms with E-state index in [2.05, 4.69) is 28.4 Å². The molecule has 3 nitrogen and oxygen atoms in total. The van der Waals surface area contributed by atoms with E-state index < -0.39 is 0 Å². The van der Waals surface area contributed by atoms with Gasteiger partial charge in [-0.2, -0.15) is 0 Å². The van der Waals surface area contributed by atoms with Crippen molar-refractivity contribution in [3.8, 4) is 5.75 Å². The normalized spacial score (nSPS) is 15.0. The summed E-state index contributed by atoms with van der Waals surface area (Å²) >= 11 is 6.23. The number of rotatable bonds is 4. The zero-order chi connectivity index (χ0) is 14.5. The van der Waals surface area contributed by atoms with Crippen LogP contribution in [0.25, 0.3) is 0 Å². The second kappa shape index (κ2) is 6.83. The minimum Gasteiger partial charge on any atom is -0.489 e. The molecule has 0 aliphatic carbocycles. The van der Waals surface area contributed by atoms with E-state index in [9.17, 15) is 0 Å². The minimum absolute atomic E-state index is 0.558. The van der Waals surface area contributed by atoms with Crippen molar-refractivity contribution < 1.29 is 4.74 Å². The molecule has 21 heavy (non-hydrogen) atoms. The Labute approximate surface area is 130 Å². The molecule has 0 amide bonds. The molecule has 1 N–H and O–H groups in total. The van der Waals surface area contributed by atoms with Crippen LogP contribution in [0.15, 0.2) is 48.5 Å². The topological polar surface area (TPSA) is 24.5 Å². The van der Waals surface area contributed by atoms with Crippen molar-refractivity contribution in [1.29, 1.82) is 0 Å². The third-order valence-corrected chi connectivity index (χ3v) is 3.80. The highest BCUT2D eigenvalue weighted by molar-refractivity contribution is 6.31. The largest absolute Gasteiger partial charge is 0.489 e. The maximum Gasteiger partial charge on any atom is 0.123 e. The molecule has 1 fully saturated rings. The average Bonchev–Trinajstić information content (AvgIpc) is 2.54. The van der Waals surface area contributed by atoms with Gasteiger partial charge in [-0.1, -0.05) is 41.9 Å². The molecule has 0 saturated carbocycles. The lowest BCUT2D eigenvalue weighted by Crippen LogP contribution is -2.43. The van der Waals surface area contributed by atoms with Gasteiger partial charge in [0.1, 0.15) is 12.4 Å². The number of anilines is 1. The van der Waals surface area contributed by atoms with Crippen molar-refractivity contribution in [3.05, 3.63) is 59.1 Å². The number of ether oxygens (including phenoxy) is 1. The summed E-state index contributed by atoms with van der Waals surface area (Å²) in [6, 6.07) is 16.1. The summed E-state index contributed by atoms with van der Waals surface area (Å²) in [5.41, 5.74) is 2.29. The van der Waals surface area contributed by atoms with Crippen molar-refractivity contribution in [2.45, 2.75) is 6.61 Å². The molecule has 1 aliphatic heterocycles. The van der Waals surface area contributed by atoms with Crippen LogP contribution >= 0.6 is 11.6 Å². The van der Waals surface area contributed by atoms with E-state index in [1.54, 1.807) is 0 Å². The highest BCUT2D eigenvalue weighted by Crippen LogP contribution is 2.27. The number of hydrogen-bond acceptors (Lipinski definition) is 3. The van der Waals surface area contributed by atoms with Crippen LogP contribution in [-0.4, -0.2) is 26.2 Å². The van der Waals surface area contributed by atoms with E-state index in [4.69, 9.17) is 16.3 Å². The van der Waals surface area contributed by atoms with Crippen LogP contribution in [0.1, 0.15) is 5.56 Å². The third kappa shape index (κ3) is 3.90. The first-order valence-corrected chi connectivity index (χ1v) is 7.62. The predicted molar refractivity (Wildman–Crippen MR) is 87.3 cm³/mol. The van der Waals surface area contributed by atoms with Gasteiger partial charge in [0.25, 0.3) is 0 Å². The van der Waals surface area contributed by atoms with Crippen molar-refractivity contribution >= 4 is 17.3 Å². The fourth-order valence-corrected chi connectivity index (χ4v) is 2.70. The van der Waals surface area contributed by atoms with E-state index in [-0.39, 0.29) is 0 Å². The van der Waals surface area contributed by atoms with Gasteiger partial charge in [0.15, 0.2) is 0 Å². The second-order valence-electron chi connectivity index (χ2n) is 5.16. The Morgan fingerprint density at radius 3 is 2.57 bits per heavy atom. The Morgan fingerprint density at radius 1 is 1.05 bits per heavy atom. The molecule has 0 atom stereocenters. The monoisotopic (exact) mass is 302 g/mol. The lowest BCUT2D eigenvalue weighted by Gasteiger charge is -2.29. The number of halogens is 1. The Hall–Kier alpha value is -1.71. The molecule has 1 heterocycles. The molecule has 2 aromatic rings. The number of piperazine rings is 1. The van der Waals surface area contributed by atoms with Crippen LogP contribution in [0.5, 0.6) is 5.75 Å². The van der Waals surface area contributed by atoms with Gasteiger partial charge < -0.3 is 15.0 Å². The Morgan fingerprint density at radius 2 is 1.81 bits per heavy atom. The lowest BCUT2D eigenvalue weighted by molar-refractivity contribution is 0.306. The molecule has 0 radical (unpaired) electrons. The summed E-state index contributed by atoms with van der Waals surface area (Å²) in [5.74, 6) is 0.819. The zero-order valence-electron chi connectivity index (χ0n) is 11.9. The summed E-state index contributed by atoms with van der Waals surface area (Å²) < 4.78 is 5.88. The summed E-state index contributed by atoms with van der Waals surface area (Å²) in [5, 5.41) is 4.07. The van der Waals surface area contributed by atoms with Crippen LogP contribution in [-0.2, 0) is 6.61 Å². The molecule has 0 spiro atoms. The van der Waals surface area contributed by atoms with Crippen molar-refractivity contribution in [2.75, 3.05) is 31.1 Å². The minimum atomic E-state index is 0.558. The highest BCUT2D eigenvalue weighted by atomic mass is 35.5. The van der Waals surface area contributed by atoms with Gasteiger partial charge in [0.2, 0.25) is 0 Å². The molecular formula is C17H19ClN2O. The summed E-state index contributed by atoms with van der Waals surface area (Å²) in [6.45, 7) is 4.57. The standard InChI is InChI=1S/C17H19ClN2O/c18-15-10-16(20-8-6-19-7-9-20)12-17(11-15)21-13-14-4-2-1-3-5-14/h1-5,10-12,19H,6-9,13H2. The SMILES string of the molecule is Clc1cc(OCc2ccccc2)cc(N2CCNCC2)c1. The van der Waals surface area contributed by atoms with Gasteiger partial charge in [-0.25, -0.2) is 0 Å². The summed E-state index contributed by atoms with van der Waals surface area (Å²) in [6.07, 6.45) is 0. The molecule has 0 bridgehead atoms. The van der Waals surface area contributed by atoms with Crippen molar-refractivity contribution in [2.24, 2.45) is 0 Å². The number of hydrogen-bond donors (Lipinski definition) is 1. The van der Waals surface area contributed by atoms with Gasteiger partial charge >= 0.3 is 0 Å². The maximum absolute atomic E-state index is 6.23. The van der Waals surface area contributed by atoms with E-state index in [1.807, 2.05) is 30.3 Å². The molecule has 3 rings (SSSR count). The predicted octanol–water partition coefficient (Wildman–Crippen LogP) is 3.33. The second-order valence-corrected chi connectivity index (χ2v) is 5.59. The van der Waals surface area contributed by atoms with E-state index in [1.165, 1.54) is 0 Å². The van der Waals surface area contributed by atoms with Crippen LogP contribution < -0.4 is 15.0 Å². The Bertz CT molecular complexity index is 583. The van der Waals surface area contributed by atoms with Crippen LogP contribution in [0.4, 0.5) is 5.69 Å². The number of nitrogens with zero attached hydrogens (tertiary/aromatic N) is 1. The molecule has 0 unspecified atom stereocenters. The highest BCUT2D eigenvalue weighted by Gasteiger charge is 2.12. The van der Waals surface area contributed by atoms with Gasteiger partial charge in [-0.3, -0.25) is 0 Å². The third-order valence-electron chi connectivity index (χ3n) is 3.59. The molecule has 0 aromatic heterocycles. The zero-order valence-corrected chi connectivity index (χ0v) is 12.6. The fraction of sp³-hybridized carbons (Fsp3) is 0.294. The Kier molecular flexibility index (Phi) is 4.63. The molecular weight excluding hydrogens is 284 g/mol. The van der Waals surface area contributed by atoms with Crippen LogP contribution in [0.3, 0.4) is 0 Å². The molecule has 2 aromatic carbocycles. The number of benzene rings is 2. The summed E-state index contributed by atoms with van der Waals surface area (Å²) in [7, 11) is 0. The average molecular weight is 303 g/mol. The van der Waals surface area contributed by atoms with E-state index in [0.29, 0.717) is 11.6 Å². The maximum atomic E-state index is 6.23.